The molecule has 2 aliphatic rings. The summed E-state index contributed by atoms with van der Waals surface area (Å²) in [5, 5.41) is 0. The first-order valence-electron chi connectivity index (χ1n) is 9.26. The number of allylic oxidation sites excluding steroid dienone is 8. The fraction of sp³-hybridized carbons (Fsp3) is 0.600. The van der Waals surface area contributed by atoms with Crippen LogP contribution in [-0.2, 0) is 15.6 Å². The molecule has 0 heterocycles. The molecule has 2 unspecified atom stereocenters. The molecule has 0 aromatic carbocycles. The van der Waals surface area contributed by atoms with Gasteiger partial charge in [-0.15, -0.1) is 0 Å². The van der Waals surface area contributed by atoms with Gasteiger partial charge in [0.05, 0.1) is 0 Å². The fourth-order valence-electron chi connectivity index (χ4n) is 4.27. The second kappa shape index (κ2) is 6.99. The summed E-state index contributed by atoms with van der Waals surface area (Å²) in [6.07, 6.45) is 9.58. The number of halogens is 2. The summed E-state index contributed by atoms with van der Waals surface area (Å²) in [5.74, 6) is -0.176. The van der Waals surface area contributed by atoms with E-state index < -0.39 is 21.5 Å². The van der Waals surface area contributed by atoms with Gasteiger partial charge in [0.15, 0.2) is 0 Å². The van der Waals surface area contributed by atoms with Crippen molar-refractivity contribution in [2.75, 3.05) is 0 Å². The second-order valence-electron chi connectivity index (χ2n) is 8.76. The van der Waals surface area contributed by atoms with Crippen molar-refractivity contribution in [3.05, 3.63) is 46.6 Å². The van der Waals surface area contributed by atoms with E-state index >= 15 is 0 Å². The maximum absolute atomic E-state index is 7.74. The van der Waals surface area contributed by atoms with Crippen LogP contribution in [-0.4, -0.2) is 5.92 Å². The molecule has 0 spiro atoms. The molecule has 0 saturated carbocycles. The zero-order valence-electron chi connectivity index (χ0n) is 16.5. The van der Waals surface area contributed by atoms with Gasteiger partial charge in [-0.2, -0.15) is 0 Å². The monoisotopic (exact) mass is 461 g/mol. The van der Waals surface area contributed by atoms with Gasteiger partial charge in [-0.1, -0.05) is 0 Å². The van der Waals surface area contributed by atoms with E-state index in [1.165, 1.54) is 22.3 Å². The summed E-state index contributed by atoms with van der Waals surface area (Å²) in [7, 11) is 15.5. The molecule has 0 amide bonds. The van der Waals surface area contributed by atoms with Crippen molar-refractivity contribution in [2.24, 2.45) is 11.8 Å². The van der Waals surface area contributed by atoms with E-state index in [1.54, 1.807) is 0 Å². The zero-order valence-corrected chi connectivity index (χ0v) is 21.6. The molecule has 0 aromatic heterocycles. The minimum atomic E-state index is -4.07. The van der Waals surface area contributed by atoms with E-state index in [4.69, 9.17) is 17.0 Å². The Morgan fingerprint density at radius 2 is 1.17 bits per heavy atom. The topological polar surface area (TPSA) is 0 Å². The SMILES string of the molecule is CC1=CC(C(C)C)=C[CH]1[Zr]([Cl])([Cl])([CH]1C=C(C(C)C)C=C1C)[SiH](C)C. The molecular formula is C20H33Cl2SiZr. The van der Waals surface area contributed by atoms with Crippen molar-refractivity contribution in [3.63, 3.8) is 0 Å². The van der Waals surface area contributed by atoms with E-state index in [-0.39, 0.29) is 0 Å². The Balaban J connectivity index is 2.60. The van der Waals surface area contributed by atoms with Crippen LogP contribution in [0.5, 0.6) is 0 Å². The van der Waals surface area contributed by atoms with Crippen molar-refractivity contribution in [1.82, 2.24) is 0 Å². The van der Waals surface area contributed by atoms with Gasteiger partial charge in [0.2, 0.25) is 0 Å². The Hall–Kier alpha value is 0.640. The van der Waals surface area contributed by atoms with E-state index in [2.05, 4.69) is 78.9 Å². The minimum absolute atomic E-state index is 0.301. The van der Waals surface area contributed by atoms with Crippen LogP contribution in [0.1, 0.15) is 41.5 Å². The van der Waals surface area contributed by atoms with Gasteiger partial charge in [-0.05, 0) is 0 Å². The average Bonchev–Trinajstić information content (AvgIpc) is 3.03. The summed E-state index contributed by atoms with van der Waals surface area (Å²) in [5.41, 5.74) is 5.63. The van der Waals surface area contributed by atoms with Gasteiger partial charge in [0.25, 0.3) is 0 Å². The third-order valence-corrected chi connectivity index (χ3v) is 58.8. The molecule has 2 atom stereocenters. The molecule has 2 aliphatic carbocycles. The summed E-state index contributed by atoms with van der Waals surface area (Å²) in [6, 6.07) is 0. The molecule has 0 aromatic rings. The normalized spacial score (nSPS) is 26.5. The van der Waals surface area contributed by atoms with Crippen LogP contribution in [0, 0.1) is 11.8 Å². The van der Waals surface area contributed by atoms with Crippen LogP contribution in [0.25, 0.3) is 0 Å². The molecule has 4 heteroatoms. The van der Waals surface area contributed by atoms with Crippen LogP contribution in [0.4, 0.5) is 0 Å². The summed E-state index contributed by atoms with van der Waals surface area (Å²) in [4.78, 5) is 0. The van der Waals surface area contributed by atoms with Gasteiger partial charge in [0.1, 0.15) is 0 Å². The van der Waals surface area contributed by atoms with Gasteiger partial charge >= 0.3 is 159 Å². The van der Waals surface area contributed by atoms with Gasteiger partial charge in [0, 0.05) is 0 Å². The summed E-state index contributed by atoms with van der Waals surface area (Å²) >= 11 is -4.07. The zero-order chi connectivity index (χ0) is 18.5. The molecule has 0 aliphatic heterocycles. The van der Waals surface area contributed by atoms with E-state index in [0.717, 1.165) is 0 Å². The number of hydrogen-bond acceptors (Lipinski definition) is 0. The second-order valence-corrected chi connectivity index (χ2v) is 51.5. The van der Waals surface area contributed by atoms with E-state index in [0.29, 0.717) is 19.1 Å². The molecule has 135 valence electrons. The Kier molecular flexibility index (Phi) is 6.10. The predicted octanol–water partition coefficient (Wildman–Crippen LogP) is 7.63. The van der Waals surface area contributed by atoms with Gasteiger partial charge in [-0.3, -0.25) is 0 Å². The fourth-order valence-corrected chi connectivity index (χ4v) is 34.3. The third kappa shape index (κ3) is 3.30. The van der Waals surface area contributed by atoms with Gasteiger partial charge in [-0.25, -0.2) is 0 Å². The van der Waals surface area contributed by atoms with Crippen molar-refractivity contribution >= 4 is 22.9 Å². The van der Waals surface area contributed by atoms with Crippen molar-refractivity contribution in [2.45, 2.75) is 61.9 Å². The van der Waals surface area contributed by atoms with Crippen LogP contribution in [0.15, 0.2) is 46.6 Å². The Morgan fingerprint density at radius 1 is 0.833 bits per heavy atom. The Bertz CT molecular complexity index is 601. The Morgan fingerprint density at radius 3 is 1.38 bits per heavy atom. The Labute approximate surface area is 157 Å². The quantitative estimate of drug-likeness (QED) is 0.368. The first-order chi connectivity index (χ1) is 10.9. The number of hydrogen-bond donors (Lipinski definition) is 0. The third-order valence-electron chi connectivity index (χ3n) is 6.11. The van der Waals surface area contributed by atoms with E-state index in [1.807, 2.05) is 0 Å². The number of rotatable bonds is 5. The molecule has 0 nitrogen and oxygen atoms in total. The molecule has 0 N–H and O–H groups in total. The van der Waals surface area contributed by atoms with Crippen LogP contribution < -0.4 is 0 Å². The molecular weight excluding hydrogens is 430 g/mol. The van der Waals surface area contributed by atoms with Crippen molar-refractivity contribution in [1.29, 1.82) is 0 Å². The molecule has 0 saturated heterocycles. The van der Waals surface area contributed by atoms with Crippen LogP contribution >= 0.6 is 17.0 Å². The molecule has 0 fully saturated rings. The predicted molar refractivity (Wildman–Crippen MR) is 111 cm³/mol. The van der Waals surface area contributed by atoms with E-state index in [9.17, 15) is 0 Å². The standard InChI is InChI=1S/2C9H13.C2H7Si.2ClH.Zr/c2*1-7(2)9-5-4-8(3)6-9;1-3-2;;;/h2*4-7H,1-3H3;3H,1-2H3;2*1H;/q;;;;;+2/p-2. The molecule has 24 heavy (non-hydrogen) atoms. The molecule has 0 bridgehead atoms. The average molecular weight is 464 g/mol. The maximum atomic E-state index is 7.74. The first-order valence-corrected chi connectivity index (χ1v) is 25.6. The summed E-state index contributed by atoms with van der Waals surface area (Å²) < 4.78 is 0.602. The molecule has 2 rings (SSSR count). The van der Waals surface area contributed by atoms with Crippen LogP contribution in [0.2, 0.25) is 20.3 Å². The van der Waals surface area contributed by atoms with Crippen molar-refractivity contribution < 1.29 is 15.6 Å². The first kappa shape index (κ1) is 20.9. The molecule has 0 radical (unpaired) electrons. The van der Waals surface area contributed by atoms with Gasteiger partial charge < -0.3 is 0 Å². The van der Waals surface area contributed by atoms with Crippen LogP contribution in [0.3, 0.4) is 0 Å². The van der Waals surface area contributed by atoms with Crippen molar-refractivity contribution in [3.8, 4) is 0 Å². The summed E-state index contributed by atoms with van der Waals surface area (Å²) in [6.45, 7) is 18.3.